The maximum atomic E-state index is 12.7. The van der Waals surface area contributed by atoms with E-state index in [9.17, 15) is 9.59 Å². The number of fused-ring (bicyclic) bond motifs is 3. The van der Waals surface area contributed by atoms with Gasteiger partial charge in [-0.15, -0.1) is 11.3 Å². The molecule has 3 aromatic heterocycles. The van der Waals surface area contributed by atoms with Gasteiger partial charge in [0, 0.05) is 13.1 Å². The van der Waals surface area contributed by atoms with Gasteiger partial charge in [-0.3, -0.25) is 14.0 Å². The second kappa shape index (κ2) is 5.73. The summed E-state index contributed by atoms with van der Waals surface area (Å²) in [5.74, 6) is 1.22. The van der Waals surface area contributed by atoms with E-state index in [0.29, 0.717) is 11.4 Å². The standard InChI is InChI=1S/C17H20N4O2S/c1-11-4-3-6-19(9-11)16(22)10-20-17(23)14-8-15-13(5-7-24-15)21(14)12(2)18-20/h5,7-8,11H,3-4,6,9-10H2,1-2H3. The van der Waals surface area contributed by atoms with E-state index in [1.807, 2.05) is 33.7 Å². The first-order valence-corrected chi connectivity index (χ1v) is 9.16. The van der Waals surface area contributed by atoms with Crippen molar-refractivity contribution in [2.45, 2.75) is 33.2 Å². The Morgan fingerprint density at radius 3 is 3.04 bits per heavy atom. The van der Waals surface area contributed by atoms with Crippen LogP contribution >= 0.6 is 11.3 Å². The van der Waals surface area contributed by atoms with Crippen LogP contribution in [0.3, 0.4) is 0 Å². The Labute approximate surface area is 143 Å². The van der Waals surface area contributed by atoms with Crippen LogP contribution in [-0.4, -0.2) is 38.1 Å². The van der Waals surface area contributed by atoms with Crippen molar-refractivity contribution in [1.29, 1.82) is 0 Å². The number of carbonyl (C=O) groups is 1. The molecule has 0 N–H and O–H groups in total. The maximum Gasteiger partial charge on any atom is 0.291 e. The molecule has 6 nitrogen and oxygen atoms in total. The Balaban J connectivity index is 1.70. The van der Waals surface area contributed by atoms with E-state index in [0.717, 1.165) is 42.0 Å². The van der Waals surface area contributed by atoms with Crippen LogP contribution in [0.2, 0.25) is 0 Å². The fourth-order valence-corrected chi connectivity index (χ4v) is 4.38. The number of thiophene rings is 1. The first-order valence-electron chi connectivity index (χ1n) is 8.29. The molecular weight excluding hydrogens is 324 g/mol. The third-order valence-corrected chi connectivity index (χ3v) is 5.61. The number of carbonyl (C=O) groups excluding carboxylic acids is 1. The van der Waals surface area contributed by atoms with Crippen molar-refractivity contribution in [2.75, 3.05) is 13.1 Å². The van der Waals surface area contributed by atoms with Gasteiger partial charge in [-0.25, -0.2) is 4.68 Å². The summed E-state index contributed by atoms with van der Waals surface area (Å²) >= 11 is 1.60. The molecule has 1 aliphatic rings. The van der Waals surface area contributed by atoms with Crippen LogP contribution in [0, 0.1) is 12.8 Å². The monoisotopic (exact) mass is 344 g/mol. The van der Waals surface area contributed by atoms with Crippen molar-refractivity contribution >= 4 is 33.0 Å². The molecular formula is C17H20N4O2S. The highest BCUT2D eigenvalue weighted by Gasteiger charge is 2.22. The minimum Gasteiger partial charge on any atom is -0.341 e. The van der Waals surface area contributed by atoms with Gasteiger partial charge in [0.25, 0.3) is 5.56 Å². The Hall–Kier alpha value is -2.15. The third kappa shape index (κ3) is 2.43. The minimum absolute atomic E-state index is 0.0156. The van der Waals surface area contributed by atoms with Crippen LogP contribution in [0.15, 0.2) is 22.3 Å². The van der Waals surface area contributed by atoms with Crippen molar-refractivity contribution in [3.63, 3.8) is 0 Å². The molecule has 1 atom stereocenters. The minimum atomic E-state index is -0.206. The van der Waals surface area contributed by atoms with E-state index in [1.165, 1.54) is 4.68 Å². The zero-order valence-corrected chi connectivity index (χ0v) is 14.7. The summed E-state index contributed by atoms with van der Waals surface area (Å²) in [4.78, 5) is 27.2. The quantitative estimate of drug-likeness (QED) is 0.716. The van der Waals surface area contributed by atoms with E-state index in [1.54, 1.807) is 11.3 Å². The average molecular weight is 344 g/mol. The number of rotatable bonds is 2. The lowest BCUT2D eigenvalue weighted by molar-refractivity contribution is -0.133. The van der Waals surface area contributed by atoms with Gasteiger partial charge in [-0.2, -0.15) is 5.10 Å². The van der Waals surface area contributed by atoms with E-state index >= 15 is 0 Å². The molecule has 0 aliphatic carbocycles. The van der Waals surface area contributed by atoms with Crippen LogP contribution in [0.5, 0.6) is 0 Å². The summed E-state index contributed by atoms with van der Waals surface area (Å²) < 4.78 is 4.25. The Bertz CT molecular complexity index is 984. The molecule has 1 unspecified atom stereocenters. The highest BCUT2D eigenvalue weighted by molar-refractivity contribution is 7.17. The normalized spacial score (nSPS) is 18.6. The molecule has 1 fully saturated rings. The van der Waals surface area contributed by atoms with E-state index in [4.69, 9.17) is 0 Å². The first-order chi connectivity index (χ1) is 11.5. The van der Waals surface area contributed by atoms with Crippen molar-refractivity contribution in [1.82, 2.24) is 19.1 Å². The number of aryl methyl sites for hydroxylation is 1. The van der Waals surface area contributed by atoms with Crippen LogP contribution < -0.4 is 5.56 Å². The lowest BCUT2D eigenvalue weighted by atomic mass is 10.0. The van der Waals surface area contributed by atoms with Crippen molar-refractivity contribution in [3.8, 4) is 0 Å². The molecule has 0 saturated carbocycles. The molecule has 7 heteroatoms. The summed E-state index contributed by atoms with van der Waals surface area (Å²) in [7, 11) is 0. The smallest absolute Gasteiger partial charge is 0.291 e. The predicted octanol–water partition coefficient (Wildman–Crippen LogP) is 2.28. The molecule has 0 aromatic carbocycles. The molecule has 1 saturated heterocycles. The summed E-state index contributed by atoms with van der Waals surface area (Å²) in [6.07, 6.45) is 2.19. The number of amides is 1. The molecule has 1 aliphatic heterocycles. The summed E-state index contributed by atoms with van der Waals surface area (Å²) in [5.41, 5.74) is 1.38. The van der Waals surface area contributed by atoms with Gasteiger partial charge in [0.2, 0.25) is 5.91 Å². The lowest BCUT2D eigenvalue weighted by Crippen LogP contribution is -2.42. The molecule has 24 heavy (non-hydrogen) atoms. The Morgan fingerprint density at radius 1 is 1.42 bits per heavy atom. The van der Waals surface area contributed by atoms with E-state index in [2.05, 4.69) is 12.0 Å². The molecule has 126 valence electrons. The van der Waals surface area contributed by atoms with Gasteiger partial charge >= 0.3 is 0 Å². The highest BCUT2D eigenvalue weighted by atomic mass is 32.1. The molecule has 4 heterocycles. The van der Waals surface area contributed by atoms with Crippen LogP contribution in [0.25, 0.3) is 15.7 Å². The van der Waals surface area contributed by atoms with E-state index in [-0.39, 0.29) is 18.0 Å². The summed E-state index contributed by atoms with van der Waals surface area (Å²) in [6.45, 7) is 5.60. The fourth-order valence-electron chi connectivity index (χ4n) is 3.58. The Morgan fingerprint density at radius 2 is 2.25 bits per heavy atom. The number of hydrogen-bond acceptors (Lipinski definition) is 4. The van der Waals surface area contributed by atoms with Crippen LogP contribution in [0.1, 0.15) is 25.6 Å². The predicted molar refractivity (Wildman–Crippen MR) is 94.6 cm³/mol. The lowest BCUT2D eigenvalue weighted by Gasteiger charge is -2.31. The van der Waals surface area contributed by atoms with Gasteiger partial charge in [-0.1, -0.05) is 6.92 Å². The molecule has 0 bridgehead atoms. The third-order valence-electron chi connectivity index (χ3n) is 4.76. The maximum absolute atomic E-state index is 12.7. The second-order valence-electron chi connectivity index (χ2n) is 6.63. The SMILES string of the molecule is Cc1nn(CC(=O)N2CCCC(C)C2)c(=O)c2cc3sccc3n12. The second-order valence-corrected chi connectivity index (χ2v) is 7.58. The van der Waals surface area contributed by atoms with Gasteiger partial charge < -0.3 is 4.90 Å². The fraction of sp³-hybridized carbons (Fsp3) is 0.471. The summed E-state index contributed by atoms with van der Waals surface area (Å²) in [5, 5.41) is 6.38. The molecule has 3 aromatic rings. The first kappa shape index (κ1) is 15.4. The summed E-state index contributed by atoms with van der Waals surface area (Å²) in [6, 6.07) is 3.88. The Kier molecular flexibility index (Phi) is 3.68. The van der Waals surface area contributed by atoms with Crippen molar-refractivity contribution < 1.29 is 4.79 Å². The number of nitrogens with zero attached hydrogens (tertiary/aromatic N) is 4. The number of aromatic nitrogens is 3. The number of hydrogen-bond donors (Lipinski definition) is 0. The molecule has 1 amide bonds. The zero-order valence-electron chi connectivity index (χ0n) is 13.9. The number of likely N-dealkylation sites (tertiary alicyclic amines) is 1. The van der Waals surface area contributed by atoms with Crippen molar-refractivity contribution in [3.05, 3.63) is 33.7 Å². The largest absolute Gasteiger partial charge is 0.341 e. The molecule has 0 spiro atoms. The number of piperidine rings is 1. The topological polar surface area (TPSA) is 59.6 Å². The average Bonchev–Trinajstić information content (AvgIpc) is 3.13. The van der Waals surface area contributed by atoms with E-state index < -0.39 is 0 Å². The molecule has 0 radical (unpaired) electrons. The zero-order chi connectivity index (χ0) is 16.8. The van der Waals surface area contributed by atoms with Gasteiger partial charge in [0.15, 0.2) is 0 Å². The molecule has 4 rings (SSSR count). The van der Waals surface area contributed by atoms with Gasteiger partial charge in [-0.05, 0) is 43.2 Å². The van der Waals surface area contributed by atoms with Crippen LogP contribution in [-0.2, 0) is 11.3 Å². The van der Waals surface area contributed by atoms with Gasteiger partial charge in [0.05, 0.1) is 10.2 Å². The van der Waals surface area contributed by atoms with Crippen LogP contribution in [0.4, 0.5) is 0 Å². The van der Waals surface area contributed by atoms with Gasteiger partial charge in [0.1, 0.15) is 17.9 Å². The van der Waals surface area contributed by atoms with Crippen molar-refractivity contribution in [2.24, 2.45) is 5.92 Å². The highest BCUT2D eigenvalue weighted by Crippen LogP contribution is 2.24.